The number of hydrogen-bond donors (Lipinski definition) is 1. The van der Waals surface area contributed by atoms with Gasteiger partial charge in [-0.1, -0.05) is 17.4 Å². The third-order valence-corrected chi connectivity index (χ3v) is 6.37. The fraction of sp³-hybridized carbons (Fsp3) is 0.429. The predicted octanol–water partition coefficient (Wildman–Crippen LogP) is 2.92. The molecule has 7 nitrogen and oxygen atoms in total. The van der Waals surface area contributed by atoms with Gasteiger partial charge in [0.15, 0.2) is 22.4 Å². The summed E-state index contributed by atoms with van der Waals surface area (Å²) in [5.41, 5.74) is 0.560. The van der Waals surface area contributed by atoms with Gasteiger partial charge < -0.3 is 10.2 Å². The molecule has 4 rings (SSSR count). The van der Waals surface area contributed by atoms with E-state index in [-0.39, 0.29) is 30.0 Å². The minimum atomic E-state index is -0.954. The number of benzene rings is 1. The van der Waals surface area contributed by atoms with Gasteiger partial charge in [0.1, 0.15) is 11.0 Å². The first-order valence-electron chi connectivity index (χ1n) is 10.2. The maximum absolute atomic E-state index is 13.5. The molecule has 1 saturated heterocycles. The van der Waals surface area contributed by atoms with Crippen molar-refractivity contribution in [1.29, 1.82) is 0 Å². The Hall–Kier alpha value is -2.88. The Kier molecular flexibility index (Phi) is 5.99. The second kappa shape index (κ2) is 8.70. The van der Waals surface area contributed by atoms with E-state index in [9.17, 15) is 18.4 Å². The first kappa shape index (κ1) is 21.4. The number of amides is 1. The van der Waals surface area contributed by atoms with E-state index in [1.807, 2.05) is 13.8 Å². The summed E-state index contributed by atoms with van der Waals surface area (Å²) in [5.74, 6) is -1.81. The Morgan fingerprint density at radius 3 is 2.68 bits per heavy atom. The largest absolute Gasteiger partial charge is 0.354 e. The van der Waals surface area contributed by atoms with Crippen molar-refractivity contribution in [3.05, 3.63) is 52.1 Å². The molecule has 10 heteroatoms. The summed E-state index contributed by atoms with van der Waals surface area (Å²) >= 11 is 1.27. The van der Waals surface area contributed by atoms with Gasteiger partial charge >= 0.3 is 0 Å². The number of anilines is 1. The lowest BCUT2D eigenvalue weighted by atomic mass is 9.96. The first-order chi connectivity index (χ1) is 14.8. The lowest BCUT2D eigenvalue weighted by Gasteiger charge is -2.31. The first-order valence-corrected chi connectivity index (χ1v) is 11.0. The summed E-state index contributed by atoms with van der Waals surface area (Å²) in [6.45, 7) is 5.34. The Labute approximate surface area is 181 Å². The second-order valence-electron chi connectivity index (χ2n) is 8.00. The highest BCUT2D eigenvalue weighted by Crippen LogP contribution is 2.29. The smallest absolute Gasteiger partial charge is 0.273 e. The van der Waals surface area contributed by atoms with Crippen molar-refractivity contribution in [2.45, 2.75) is 39.3 Å². The van der Waals surface area contributed by atoms with Crippen LogP contribution in [0.3, 0.4) is 0 Å². The van der Waals surface area contributed by atoms with Crippen LogP contribution in [-0.2, 0) is 11.3 Å². The molecule has 2 aromatic heterocycles. The summed E-state index contributed by atoms with van der Waals surface area (Å²) in [6.07, 6.45) is 2.82. The topological polar surface area (TPSA) is 80.1 Å². The zero-order valence-electron chi connectivity index (χ0n) is 17.3. The molecule has 164 valence electrons. The summed E-state index contributed by atoms with van der Waals surface area (Å²) < 4.78 is 28.4. The second-order valence-corrected chi connectivity index (χ2v) is 8.98. The maximum Gasteiger partial charge on any atom is 0.273 e. The number of rotatable bonds is 5. The minimum absolute atomic E-state index is 0.0144. The lowest BCUT2D eigenvalue weighted by Crippen LogP contribution is -2.42. The summed E-state index contributed by atoms with van der Waals surface area (Å²) in [5, 5.41) is 3.66. The van der Waals surface area contributed by atoms with Gasteiger partial charge in [-0.3, -0.25) is 14.2 Å². The molecule has 3 heterocycles. The van der Waals surface area contributed by atoms with Crippen LogP contribution in [0.4, 0.5) is 13.9 Å². The van der Waals surface area contributed by atoms with Gasteiger partial charge in [0.05, 0.1) is 6.54 Å². The SMILES string of the molecule is CC(C)NC(=O)C1CCN(c2nc3ncn(Cc4ccc(F)c(F)c4)c(=O)c3s2)CC1. The van der Waals surface area contributed by atoms with E-state index in [0.717, 1.165) is 25.0 Å². The zero-order valence-corrected chi connectivity index (χ0v) is 18.1. The van der Waals surface area contributed by atoms with Gasteiger partial charge in [0.2, 0.25) is 5.91 Å². The average Bonchev–Trinajstić information content (AvgIpc) is 3.18. The van der Waals surface area contributed by atoms with Crippen LogP contribution in [0.2, 0.25) is 0 Å². The molecule has 31 heavy (non-hydrogen) atoms. The van der Waals surface area contributed by atoms with Crippen molar-refractivity contribution < 1.29 is 13.6 Å². The van der Waals surface area contributed by atoms with Gasteiger partial charge in [0.25, 0.3) is 5.56 Å². The van der Waals surface area contributed by atoms with E-state index >= 15 is 0 Å². The highest BCUT2D eigenvalue weighted by Gasteiger charge is 2.27. The summed E-state index contributed by atoms with van der Waals surface area (Å²) in [7, 11) is 0. The van der Waals surface area contributed by atoms with Crippen LogP contribution < -0.4 is 15.8 Å². The molecule has 0 bridgehead atoms. The van der Waals surface area contributed by atoms with Crippen LogP contribution in [0.1, 0.15) is 32.3 Å². The number of thiazole rings is 1. The van der Waals surface area contributed by atoms with Crippen molar-refractivity contribution in [2.75, 3.05) is 18.0 Å². The molecule has 1 amide bonds. The van der Waals surface area contributed by atoms with Gasteiger partial charge in [0, 0.05) is 25.0 Å². The molecular formula is C21H23F2N5O2S. The van der Waals surface area contributed by atoms with E-state index < -0.39 is 11.6 Å². The maximum atomic E-state index is 13.5. The number of piperidine rings is 1. The fourth-order valence-corrected chi connectivity index (χ4v) is 4.67. The van der Waals surface area contributed by atoms with Gasteiger partial charge in [-0.05, 0) is 44.4 Å². The highest BCUT2D eigenvalue weighted by molar-refractivity contribution is 7.22. The monoisotopic (exact) mass is 447 g/mol. The molecule has 0 spiro atoms. The van der Waals surface area contributed by atoms with Crippen molar-refractivity contribution in [3.63, 3.8) is 0 Å². The van der Waals surface area contributed by atoms with Crippen molar-refractivity contribution in [2.24, 2.45) is 5.92 Å². The Morgan fingerprint density at radius 2 is 2.00 bits per heavy atom. The third kappa shape index (κ3) is 4.58. The number of fused-ring (bicyclic) bond motifs is 1. The highest BCUT2D eigenvalue weighted by atomic mass is 32.1. The van der Waals surface area contributed by atoms with Gasteiger partial charge in [-0.2, -0.15) is 4.98 Å². The van der Waals surface area contributed by atoms with Crippen LogP contribution in [0.5, 0.6) is 0 Å². The Balaban J connectivity index is 1.50. The van der Waals surface area contributed by atoms with E-state index in [4.69, 9.17) is 0 Å². The standard InChI is InChI=1S/C21H23F2N5O2S/c1-12(2)25-19(29)14-5-7-27(8-6-14)21-26-18-17(31-21)20(30)28(11-24-18)10-13-3-4-15(22)16(23)9-13/h3-4,9,11-12,14H,5-8,10H2,1-2H3,(H,25,29). The molecule has 1 N–H and O–H groups in total. The molecule has 1 fully saturated rings. The molecule has 0 unspecified atom stereocenters. The van der Waals surface area contributed by atoms with E-state index in [1.165, 1.54) is 28.3 Å². The molecule has 0 radical (unpaired) electrons. The van der Waals surface area contributed by atoms with Gasteiger partial charge in [-0.25, -0.2) is 13.8 Å². The predicted molar refractivity (Wildman–Crippen MR) is 115 cm³/mol. The number of halogens is 2. The Morgan fingerprint density at radius 1 is 1.26 bits per heavy atom. The molecule has 1 aliphatic heterocycles. The minimum Gasteiger partial charge on any atom is -0.354 e. The summed E-state index contributed by atoms with van der Waals surface area (Å²) in [6, 6.07) is 3.67. The number of carbonyl (C=O) groups is 1. The molecule has 0 atom stereocenters. The molecule has 1 aromatic carbocycles. The van der Waals surface area contributed by atoms with Crippen molar-refractivity contribution >= 4 is 32.7 Å². The quantitative estimate of drug-likeness (QED) is 0.651. The normalized spacial score (nSPS) is 15.1. The number of nitrogens with zero attached hydrogens (tertiary/aromatic N) is 4. The molecule has 1 aliphatic rings. The Bertz CT molecular complexity index is 1170. The van der Waals surface area contributed by atoms with Crippen molar-refractivity contribution in [3.8, 4) is 0 Å². The van der Waals surface area contributed by atoms with Crippen molar-refractivity contribution in [1.82, 2.24) is 19.9 Å². The fourth-order valence-electron chi connectivity index (χ4n) is 3.65. The van der Waals surface area contributed by atoms with E-state index in [0.29, 0.717) is 34.1 Å². The molecular weight excluding hydrogens is 424 g/mol. The van der Waals surface area contributed by atoms with Crippen LogP contribution in [-0.4, -0.2) is 39.6 Å². The van der Waals surface area contributed by atoms with Crippen LogP contribution >= 0.6 is 11.3 Å². The number of carbonyl (C=O) groups excluding carboxylic acids is 1. The van der Waals surface area contributed by atoms with Crippen LogP contribution in [0.15, 0.2) is 29.3 Å². The van der Waals surface area contributed by atoms with Gasteiger partial charge in [-0.15, -0.1) is 0 Å². The number of aromatic nitrogens is 3. The van der Waals surface area contributed by atoms with Crippen LogP contribution in [0, 0.1) is 17.6 Å². The lowest BCUT2D eigenvalue weighted by molar-refractivity contribution is -0.126. The van der Waals surface area contributed by atoms with E-state index in [1.54, 1.807) is 0 Å². The number of nitrogens with one attached hydrogen (secondary N) is 1. The number of hydrogen-bond acceptors (Lipinski definition) is 6. The summed E-state index contributed by atoms with van der Waals surface area (Å²) in [4.78, 5) is 35.9. The molecule has 3 aromatic rings. The third-order valence-electron chi connectivity index (χ3n) is 5.28. The van der Waals surface area contributed by atoms with Crippen LogP contribution in [0.25, 0.3) is 10.3 Å². The zero-order chi connectivity index (χ0) is 22.1. The molecule has 0 saturated carbocycles. The van der Waals surface area contributed by atoms with E-state index in [2.05, 4.69) is 20.2 Å². The molecule has 0 aliphatic carbocycles. The average molecular weight is 448 g/mol.